The van der Waals surface area contributed by atoms with Gasteiger partial charge in [-0.15, -0.1) is 0 Å². The minimum atomic E-state index is -2.48. The number of hydrogen-bond acceptors (Lipinski definition) is 4. The van der Waals surface area contributed by atoms with E-state index in [1.807, 2.05) is 20.8 Å². The molecule has 0 atom stereocenters. The van der Waals surface area contributed by atoms with Crippen molar-refractivity contribution in [2.75, 3.05) is 26.4 Å². The molecule has 0 aliphatic heterocycles. The van der Waals surface area contributed by atoms with Crippen molar-refractivity contribution in [3.05, 3.63) is 0 Å². The second-order valence-electron chi connectivity index (χ2n) is 8.91. The molecule has 0 radical (unpaired) electrons. The van der Waals surface area contributed by atoms with Crippen molar-refractivity contribution in [2.24, 2.45) is 4.99 Å². The summed E-state index contributed by atoms with van der Waals surface area (Å²) in [6, 6.07) is 0.860. The second kappa shape index (κ2) is 25.4. The molecule has 0 aromatic carbocycles. The molecule has 0 heterocycles. The van der Waals surface area contributed by atoms with Gasteiger partial charge < -0.3 is 13.3 Å². The molecule has 0 amide bonds. The fourth-order valence-electron chi connectivity index (χ4n) is 4.18. The van der Waals surface area contributed by atoms with Crippen LogP contribution in [0.3, 0.4) is 0 Å². The van der Waals surface area contributed by atoms with E-state index < -0.39 is 8.80 Å². The first-order valence-electron chi connectivity index (χ1n) is 14.1. The SMILES string of the molecule is CCCCCCCCCCCCCCCCCC=NCCC[Si](OCC)(OCC)OCC. The predicted octanol–water partition coefficient (Wildman–Crippen LogP) is 8.76. The van der Waals surface area contributed by atoms with Crippen LogP contribution in [0.15, 0.2) is 4.99 Å². The molecule has 0 aliphatic rings. The highest BCUT2D eigenvalue weighted by Crippen LogP contribution is 2.18. The summed E-state index contributed by atoms with van der Waals surface area (Å²) in [6.07, 6.45) is 25.4. The third-order valence-corrected chi connectivity index (χ3v) is 9.08. The van der Waals surface area contributed by atoms with Crippen LogP contribution in [0.25, 0.3) is 0 Å². The van der Waals surface area contributed by atoms with Crippen LogP contribution in [0.1, 0.15) is 137 Å². The van der Waals surface area contributed by atoms with Gasteiger partial charge in [0.15, 0.2) is 0 Å². The molecule has 32 heavy (non-hydrogen) atoms. The number of unbranched alkanes of at least 4 members (excludes halogenated alkanes) is 15. The lowest BCUT2D eigenvalue weighted by Gasteiger charge is -2.28. The van der Waals surface area contributed by atoms with Gasteiger partial charge in [0, 0.05) is 32.4 Å². The summed E-state index contributed by atoms with van der Waals surface area (Å²) in [7, 11) is -2.48. The summed E-state index contributed by atoms with van der Waals surface area (Å²) in [4.78, 5) is 4.59. The molecular weight excluding hydrogens is 414 g/mol. The molecule has 0 aromatic heterocycles. The van der Waals surface area contributed by atoms with E-state index >= 15 is 0 Å². The maximum absolute atomic E-state index is 5.89. The van der Waals surface area contributed by atoms with Crippen LogP contribution in [0, 0.1) is 0 Å². The van der Waals surface area contributed by atoms with Crippen molar-refractivity contribution in [3.8, 4) is 0 Å². The van der Waals surface area contributed by atoms with Crippen molar-refractivity contribution in [1.82, 2.24) is 0 Å². The Morgan fingerprint density at radius 1 is 0.531 bits per heavy atom. The van der Waals surface area contributed by atoms with Crippen LogP contribution in [0.5, 0.6) is 0 Å². The third-order valence-electron chi connectivity index (χ3n) is 5.93. The standard InChI is InChI=1S/C27H57NO3Si/c1-5-9-10-11-12-13-14-15-16-17-18-19-20-21-22-23-25-28-26-24-27-32(29-6-2,30-7-3)31-8-4/h25H,5-24,26-27H2,1-4H3. The van der Waals surface area contributed by atoms with E-state index in [-0.39, 0.29) is 0 Å². The van der Waals surface area contributed by atoms with Crippen molar-refractivity contribution in [3.63, 3.8) is 0 Å². The molecule has 0 aromatic rings. The molecule has 0 unspecified atom stereocenters. The average molecular weight is 472 g/mol. The monoisotopic (exact) mass is 471 g/mol. The Balaban J connectivity index is 3.46. The summed E-state index contributed by atoms with van der Waals surface area (Å²) in [5.74, 6) is 0. The topological polar surface area (TPSA) is 40.0 Å². The molecule has 5 heteroatoms. The highest BCUT2D eigenvalue weighted by atomic mass is 28.4. The maximum atomic E-state index is 5.89. The van der Waals surface area contributed by atoms with E-state index in [9.17, 15) is 0 Å². The van der Waals surface area contributed by atoms with Crippen molar-refractivity contribution < 1.29 is 13.3 Å². The van der Waals surface area contributed by atoms with Crippen LogP contribution in [0.4, 0.5) is 0 Å². The number of nitrogens with zero attached hydrogens (tertiary/aromatic N) is 1. The minimum Gasteiger partial charge on any atom is -0.374 e. The van der Waals surface area contributed by atoms with Gasteiger partial charge >= 0.3 is 8.80 Å². The smallest absolute Gasteiger partial charge is 0.374 e. The van der Waals surface area contributed by atoms with E-state index in [0.29, 0.717) is 19.8 Å². The van der Waals surface area contributed by atoms with Gasteiger partial charge in [0.25, 0.3) is 0 Å². The van der Waals surface area contributed by atoms with E-state index in [0.717, 1.165) is 25.4 Å². The molecule has 0 bridgehead atoms. The zero-order valence-corrected chi connectivity index (χ0v) is 23.3. The van der Waals surface area contributed by atoms with Gasteiger partial charge in [-0.25, -0.2) is 0 Å². The quantitative estimate of drug-likeness (QED) is 0.0719. The van der Waals surface area contributed by atoms with Crippen LogP contribution >= 0.6 is 0 Å². The normalized spacial score (nSPS) is 12.2. The Morgan fingerprint density at radius 2 is 0.938 bits per heavy atom. The van der Waals surface area contributed by atoms with Gasteiger partial charge in [-0.3, -0.25) is 4.99 Å². The first-order chi connectivity index (χ1) is 15.7. The first kappa shape index (κ1) is 31.8. The molecule has 4 nitrogen and oxygen atoms in total. The Morgan fingerprint density at radius 3 is 1.34 bits per heavy atom. The highest BCUT2D eigenvalue weighted by molar-refractivity contribution is 6.60. The van der Waals surface area contributed by atoms with E-state index in [2.05, 4.69) is 18.1 Å². The van der Waals surface area contributed by atoms with E-state index in [4.69, 9.17) is 13.3 Å². The summed E-state index contributed by atoms with van der Waals surface area (Å²) in [6.45, 7) is 11.1. The highest BCUT2D eigenvalue weighted by Gasteiger charge is 2.39. The second-order valence-corrected chi connectivity index (χ2v) is 11.6. The van der Waals surface area contributed by atoms with Crippen LogP contribution in [-0.2, 0) is 13.3 Å². The predicted molar refractivity (Wildman–Crippen MR) is 143 cm³/mol. The summed E-state index contributed by atoms with van der Waals surface area (Å²) < 4.78 is 17.7. The molecule has 0 saturated heterocycles. The number of rotatable bonds is 26. The minimum absolute atomic E-state index is 0.648. The zero-order valence-electron chi connectivity index (χ0n) is 22.3. The summed E-state index contributed by atoms with van der Waals surface area (Å²) in [5, 5.41) is 0. The molecule has 0 aliphatic carbocycles. The molecular formula is C27H57NO3Si. The summed E-state index contributed by atoms with van der Waals surface area (Å²) in [5.41, 5.74) is 0. The van der Waals surface area contributed by atoms with Gasteiger partial charge in [-0.2, -0.15) is 0 Å². The van der Waals surface area contributed by atoms with Crippen LogP contribution < -0.4 is 0 Å². The largest absolute Gasteiger partial charge is 0.500 e. The van der Waals surface area contributed by atoms with E-state index in [1.165, 1.54) is 96.3 Å². The lowest BCUT2D eigenvalue weighted by molar-refractivity contribution is 0.0710. The number of hydrogen-bond donors (Lipinski definition) is 0. The molecule has 0 rings (SSSR count). The van der Waals surface area contributed by atoms with Crippen molar-refractivity contribution in [2.45, 2.75) is 143 Å². The number of aliphatic imine (C=N–C) groups is 1. The Labute approximate surface area is 202 Å². The molecule has 0 fully saturated rings. The lowest BCUT2D eigenvalue weighted by Crippen LogP contribution is -2.46. The lowest BCUT2D eigenvalue weighted by atomic mass is 10.0. The average Bonchev–Trinajstić information content (AvgIpc) is 2.78. The van der Waals surface area contributed by atoms with Gasteiger partial charge in [-0.05, 0) is 46.2 Å². The zero-order chi connectivity index (χ0) is 23.6. The Bertz CT molecular complexity index is 376. The van der Waals surface area contributed by atoms with Gasteiger partial charge in [-0.1, -0.05) is 96.8 Å². The van der Waals surface area contributed by atoms with Crippen LogP contribution in [-0.4, -0.2) is 41.4 Å². The molecule has 0 spiro atoms. The fraction of sp³-hybridized carbons (Fsp3) is 0.963. The van der Waals surface area contributed by atoms with Crippen molar-refractivity contribution in [1.29, 1.82) is 0 Å². The molecule has 0 N–H and O–H groups in total. The maximum Gasteiger partial charge on any atom is 0.500 e. The fourth-order valence-corrected chi connectivity index (χ4v) is 6.77. The van der Waals surface area contributed by atoms with Crippen molar-refractivity contribution >= 4 is 15.0 Å². The molecule has 0 saturated carbocycles. The van der Waals surface area contributed by atoms with Gasteiger partial charge in [0.2, 0.25) is 0 Å². The van der Waals surface area contributed by atoms with Gasteiger partial charge in [0.05, 0.1) is 0 Å². The summed E-state index contributed by atoms with van der Waals surface area (Å²) >= 11 is 0. The first-order valence-corrected chi connectivity index (χ1v) is 16.1. The molecule has 192 valence electrons. The van der Waals surface area contributed by atoms with E-state index in [1.54, 1.807) is 0 Å². The third kappa shape index (κ3) is 20.4. The van der Waals surface area contributed by atoms with Gasteiger partial charge in [0.1, 0.15) is 0 Å². The Kier molecular flexibility index (Phi) is 25.2. The van der Waals surface area contributed by atoms with Crippen LogP contribution in [0.2, 0.25) is 6.04 Å². The Hall–Kier alpha value is -0.233.